The lowest BCUT2D eigenvalue weighted by Gasteiger charge is -2.18. The van der Waals surface area contributed by atoms with Crippen LogP contribution in [0, 0.1) is 6.92 Å². The first-order valence-electron chi connectivity index (χ1n) is 12.9. The number of phenolic OH excluding ortho intramolecular Hbond substituents is 1. The van der Waals surface area contributed by atoms with Crippen molar-refractivity contribution in [3.8, 4) is 16.9 Å². The summed E-state index contributed by atoms with van der Waals surface area (Å²) >= 11 is 6.37. The molecule has 0 saturated heterocycles. The predicted molar refractivity (Wildman–Crippen MR) is 161 cm³/mol. The molecule has 40 heavy (non-hydrogen) atoms. The average molecular weight is 551 g/mol. The molecule has 7 nitrogen and oxygen atoms in total. The highest BCUT2D eigenvalue weighted by atomic mass is 35.5. The smallest absolute Gasteiger partial charge is 0.274 e. The van der Waals surface area contributed by atoms with Gasteiger partial charge in [-0.05, 0) is 77.0 Å². The van der Waals surface area contributed by atoms with E-state index < -0.39 is 0 Å². The third-order valence-corrected chi connectivity index (χ3v) is 7.84. The van der Waals surface area contributed by atoms with E-state index in [1.54, 1.807) is 41.4 Å². The number of aryl methyl sites for hydroxylation is 1. The lowest BCUT2D eigenvalue weighted by Crippen LogP contribution is -2.30. The van der Waals surface area contributed by atoms with E-state index >= 15 is 0 Å². The SMILES string of the molecule is Cc1cccc2c(O)cc3c(c12)[C@H](CCl)CN3C(=O)c1cc(-c2ccc(NC(=O)c3ccc(N)cc3)cc2)c[nH]1. The summed E-state index contributed by atoms with van der Waals surface area (Å²) in [5.74, 6) is 0.0380. The number of hydrogen-bond acceptors (Lipinski definition) is 4. The number of phenols is 1. The second-order valence-corrected chi connectivity index (χ2v) is 10.4. The Morgan fingerprint density at radius 2 is 1.80 bits per heavy atom. The number of aromatic amines is 1. The van der Waals surface area contributed by atoms with Crippen LogP contribution in [0.3, 0.4) is 0 Å². The number of H-pyrrole nitrogens is 1. The van der Waals surface area contributed by atoms with Crippen LogP contribution < -0.4 is 16.0 Å². The highest BCUT2D eigenvalue weighted by molar-refractivity contribution is 6.19. The molecule has 4 aromatic carbocycles. The molecule has 1 aromatic heterocycles. The van der Waals surface area contributed by atoms with Gasteiger partial charge in [0.1, 0.15) is 11.4 Å². The number of nitrogens with two attached hydrogens (primary N) is 1. The molecule has 0 spiro atoms. The van der Waals surface area contributed by atoms with E-state index in [9.17, 15) is 14.7 Å². The molecule has 0 radical (unpaired) electrons. The van der Waals surface area contributed by atoms with Gasteiger partial charge in [0, 0.05) is 52.9 Å². The fourth-order valence-electron chi connectivity index (χ4n) is 5.43. The largest absolute Gasteiger partial charge is 0.507 e. The zero-order chi connectivity index (χ0) is 28.0. The average Bonchev–Trinajstić information content (AvgIpc) is 3.59. The van der Waals surface area contributed by atoms with Gasteiger partial charge in [0.2, 0.25) is 0 Å². The molecule has 0 aliphatic carbocycles. The molecule has 0 saturated carbocycles. The molecule has 6 rings (SSSR count). The van der Waals surface area contributed by atoms with E-state index in [1.165, 1.54) is 0 Å². The maximum absolute atomic E-state index is 13.7. The molecule has 1 aliphatic rings. The minimum absolute atomic E-state index is 0.0461. The number of halogens is 1. The number of hydrogen-bond donors (Lipinski definition) is 4. The number of carbonyl (C=O) groups excluding carboxylic acids is 2. The van der Waals surface area contributed by atoms with Gasteiger partial charge in [0.25, 0.3) is 11.8 Å². The van der Waals surface area contributed by atoms with Crippen molar-refractivity contribution in [2.45, 2.75) is 12.8 Å². The predicted octanol–water partition coefficient (Wildman–Crippen LogP) is 6.67. The summed E-state index contributed by atoms with van der Waals surface area (Å²) in [6.45, 7) is 2.44. The summed E-state index contributed by atoms with van der Waals surface area (Å²) in [4.78, 5) is 31.0. The first-order valence-corrected chi connectivity index (χ1v) is 13.5. The Kier molecular flexibility index (Phi) is 6.44. The van der Waals surface area contributed by atoms with Crippen molar-refractivity contribution < 1.29 is 14.7 Å². The van der Waals surface area contributed by atoms with Crippen LogP contribution in [0.25, 0.3) is 21.9 Å². The molecule has 5 aromatic rings. The Bertz CT molecular complexity index is 1760. The molecule has 0 unspecified atom stereocenters. The molecule has 1 aliphatic heterocycles. The Morgan fingerprint density at radius 1 is 1.05 bits per heavy atom. The molecule has 2 amide bonds. The highest BCUT2D eigenvalue weighted by Crippen LogP contribution is 2.46. The summed E-state index contributed by atoms with van der Waals surface area (Å²) in [5, 5.41) is 15.4. The van der Waals surface area contributed by atoms with Gasteiger partial charge in [-0.2, -0.15) is 0 Å². The number of amides is 2. The van der Waals surface area contributed by atoms with Crippen LogP contribution in [0.2, 0.25) is 0 Å². The van der Waals surface area contributed by atoms with Gasteiger partial charge in [-0.15, -0.1) is 11.6 Å². The number of aromatic hydroxyl groups is 1. The van der Waals surface area contributed by atoms with Gasteiger partial charge in [-0.1, -0.05) is 30.3 Å². The number of rotatable bonds is 5. The fraction of sp³-hybridized carbons (Fsp3) is 0.125. The number of anilines is 3. The molecular formula is C32H27ClN4O3. The number of aromatic nitrogens is 1. The Balaban J connectivity index is 1.24. The summed E-state index contributed by atoms with van der Waals surface area (Å²) in [6, 6.07) is 23.4. The van der Waals surface area contributed by atoms with Crippen molar-refractivity contribution in [3.63, 3.8) is 0 Å². The monoisotopic (exact) mass is 550 g/mol. The summed E-state index contributed by atoms with van der Waals surface area (Å²) < 4.78 is 0. The Hall–Kier alpha value is -4.75. The molecule has 0 bridgehead atoms. The van der Waals surface area contributed by atoms with Gasteiger partial charge in [0.05, 0.1) is 5.69 Å². The van der Waals surface area contributed by atoms with Crippen LogP contribution in [-0.4, -0.2) is 34.3 Å². The number of nitrogen functional groups attached to an aromatic ring is 1. The van der Waals surface area contributed by atoms with Gasteiger partial charge < -0.3 is 26.0 Å². The van der Waals surface area contributed by atoms with Crippen molar-refractivity contribution >= 4 is 51.2 Å². The van der Waals surface area contributed by atoms with E-state index in [0.717, 1.165) is 33.0 Å². The number of fused-ring (bicyclic) bond motifs is 3. The van der Waals surface area contributed by atoms with Crippen molar-refractivity contribution in [1.29, 1.82) is 0 Å². The van der Waals surface area contributed by atoms with Crippen molar-refractivity contribution in [1.82, 2.24) is 4.98 Å². The summed E-state index contributed by atoms with van der Waals surface area (Å²) in [5.41, 5.74) is 12.3. The quantitative estimate of drug-likeness (QED) is 0.145. The second-order valence-electron chi connectivity index (χ2n) is 10.0. The standard InChI is InChI=1S/C32H27ClN4O3/c1-18-3-2-4-25-28(38)14-27-30(29(18)25)22(15-33)17-37(27)32(40)26-13-21(16-35-26)19-7-11-24(12-8-19)36-31(39)20-5-9-23(34)10-6-20/h2-14,16,22,35,38H,15,17,34H2,1H3,(H,36,39)/t22-/m1/s1. The normalized spacial score (nSPS) is 14.3. The van der Waals surface area contributed by atoms with E-state index in [1.807, 2.05) is 55.5 Å². The van der Waals surface area contributed by atoms with Crippen LogP contribution in [0.15, 0.2) is 85.1 Å². The number of alkyl halides is 1. The van der Waals surface area contributed by atoms with Gasteiger partial charge in [0.15, 0.2) is 0 Å². The minimum atomic E-state index is -0.225. The second kappa shape index (κ2) is 10.1. The maximum Gasteiger partial charge on any atom is 0.274 e. The Labute approximate surface area is 236 Å². The first kappa shape index (κ1) is 25.5. The molecular weight excluding hydrogens is 524 g/mol. The van der Waals surface area contributed by atoms with Crippen molar-refractivity contribution in [3.05, 3.63) is 107 Å². The van der Waals surface area contributed by atoms with Gasteiger partial charge in [-0.25, -0.2) is 0 Å². The molecule has 8 heteroatoms. The van der Waals surface area contributed by atoms with Crippen LogP contribution in [0.1, 0.15) is 37.9 Å². The van der Waals surface area contributed by atoms with E-state index in [-0.39, 0.29) is 23.5 Å². The number of nitrogens with one attached hydrogen (secondary N) is 2. The highest BCUT2D eigenvalue weighted by Gasteiger charge is 2.35. The van der Waals surface area contributed by atoms with Crippen LogP contribution in [-0.2, 0) is 0 Å². The summed E-state index contributed by atoms with van der Waals surface area (Å²) in [6.07, 6.45) is 1.78. The lowest BCUT2D eigenvalue weighted by atomic mass is 9.92. The fourth-order valence-corrected chi connectivity index (χ4v) is 5.68. The molecule has 2 heterocycles. The topological polar surface area (TPSA) is 111 Å². The van der Waals surface area contributed by atoms with Crippen LogP contribution in [0.4, 0.5) is 17.1 Å². The van der Waals surface area contributed by atoms with Crippen molar-refractivity contribution in [2.75, 3.05) is 28.4 Å². The van der Waals surface area contributed by atoms with Crippen LogP contribution in [0.5, 0.6) is 5.75 Å². The van der Waals surface area contributed by atoms with E-state index in [4.69, 9.17) is 17.3 Å². The molecule has 200 valence electrons. The number of benzene rings is 4. The molecule has 1 atom stereocenters. The van der Waals surface area contributed by atoms with E-state index in [0.29, 0.717) is 40.7 Å². The van der Waals surface area contributed by atoms with Gasteiger partial charge in [-0.3, -0.25) is 9.59 Å². The molecule has 5 N–H and O–H groups in total. The lowest BCUT2D eigenvalue weighted by molar-refractivity contribution is 0.0982. The number of nitrogens with zero attached hydrogens (tertiary/aromatic N) is 1. The minimum Gasteiger partial charge on any atom is -0.507 e. The third-order valence-electron chi connectivity index (χ3n) is 7.46. The van der Waals surface area contributed by atoms with Crippen molar-refractivity contribution in [2.24, 2.45) is 0 Å². The Morgan fingerprint density at radius 3 is 2.52 bits per heavy atom. The van der Waals surface area contributed by atoms with Gasteiger partial charge >= 0.3 is 0 Å². The maximum atomic E-state index is 13.7. The summed E-state index contributed by atoms with van der Waals surface area (Å²) in [7, 11) is 0. The number of carbonyl (C=O) groups is 2. The molecule has 0 fully saturated rings. The first-order chi connectivity index (χ1) is 19.3. The zero-order valence-corrected chi connectivity index (χ0v) is 22.5. The zero-order valence-electron chi connectivity index (χ0n) is 21.7. The van der Waals surface area contributed by atoms with E-state index in [2.05, 4.69) is 10.3 Å². The van der Waals surface area contributed by atoms with Crippen LogP contribution >= 0.6 is 11.6 Å². The third kappa shape index (κ3) is 4.44.